The van der Waals surface area contributed by atoms with Crippen molar-refractivity contribution in [1.29, 1.82) is 0 Å². The van der Waals surface area contributed by atoms with Gasteiger partial charge in [0, 0.05) is 25.3 Å². The molecular weight excluding hydrogens is 222 g/mol. The second kappa shape index (κ2) is 8.22. The Kier molecular flexibility index (Phi) is 6.91. The summed E-state index contributed by atoms with van der Waals surface area (Å²) in [6, 6.07) is 6.42. The molecule has 0 aromatic carbocycles. The third-order valence-electron chi connectivity index (χ3n) is 3.14. The molecule has 2 atom stereocenters. The molecule has 0 saturated heterocycles. The van der Waals surface area contributed by atoms with Crippen LogP contribution >= 0.6 is 0 Å². The summed E-state index contributed by atoms with van der Waals surface area (Å²) in [6.45, 7) is 6.45. The minimum Gasteiger partial charge on any atom is -0.328 e. The maximum Gasteiger partial charge on any atom is 0.0543 e. The van der Waals surface area contributed by atoms with Crippen LogP contribution in [0.4, 0.5) is 0 Å². The molecule has 1 rings (SSSR count). The Bertz CT molecular complexity index is 311. The minimum atomic E-state index is 0.337. The van der Waals surface area contributed by atoms with Gasteiger partial charge in [0.15, 0.2) is 0 Å². The van der Waals surface area contributed by atoms with Crippen LogP contribution in [0.3, 0.4) is 0 Å². The van der Waals surface area contributed by atoms with Gasteiger partial charge in [-0.1, -0.05) is 19.4 Å². The van der Waals surface area contributed by atoms with E-state index >= 15 is 0 Å². The molecule has 102 valence electrons. The lowest BCUT2D eigenvalue weighted by Crippen LogP contribution is -2.24. The second-order valence-corrected chi connectivity index (χ2v) is 5.53. The van der Waals surface area contributed by atoms with Gasteiger partial charge in [-0.3, -0.25) is 4.98 Å². The predicted molar refractivity (Wildman–Crippen MR) is 77.2 cm³/mol. The standard InChI is InChI=1S/C15H27N3/c1-13(7-6-8-14(2)16)11-18(3)12-15-9-4-5-10-17-15/h4-5,9-10,13-14H,6-8,11-12,16H2,1-3H3. The molecule has 0 saturated carbocycles. The molecular formula is C15H27N3. The lowest BCUT2D eigenvalue weighted by atomic mass is 10.0. The lowest BCUT2D eigenvalue weighted by molar-refractivity contribution is 0.265. The third kappa shape index (κ3) is 6.72. The summed E-state index contributed by atoms with van der Waals surface area (Å²) in [5.41, 5.74) is 6.90. The number of hydrogen-bond donors (Lipinski definition) is 1. The van der Waals surface area contributed by atoms with E-state index in [1.54, 1.807) is 0 Å². The zero-order valence-electron chi connectivity index (χ0n) is 12.0. The van der Waals surface area contributed by atoms with Crippen LogP contribution in [-0.4, -0.2) is 29.5 Å². The quantitative estimate of drug-likeness (QED) is 0.770. The normalized spacial score (nSPS) is 14.7. The highest BCUT2D eigenvalue weighted by atomic mass is 15.1. The summed E-state index contributed by atoms with van der Waals surface area (Å²) in [5.74, 6) is 0.720. The molecule has 18 heavy (non-hydrogen) atoms. The number of aromatic nitrogens is 1. The van der Waals surface area contributed by atoms with Gasteiger partial charge in [0.05, 0.1) is 5.69 Å². The van der Waals surface area contributed by atoms with Gasteiger partial charge in [0.1, 0.15) is 0 Å². The van der Waals surface area contributed by atoms with E-state index in [0.717, 1.165) is 31.1 Å². The molecule has 1 aromatic heterocycles. The summed E-state index contributed by atoms with van der Waals surface area (Å²) in [6.07, 6.45) is 5.48. The van der Waals surface area contributed by atoms with E-state index in [1.807, 2.05) is 18.3 Å². The molecule has 0 aliphatic heterocycles. The summed E-state index contributed by atoms with van der Waals surface area (Å²) < 4.78 is 0. The van der Waals surface area contributed by atoms with Gasteiger partial charge in [-0.25, -0.2) is 0 Å². The lowest BCUT2D eigenvalue weighted by Gasteiger charge is -2.21. The first-order chi connectivity index (χ1) is 8.58. The Morgan fingerprint density at radius 2 is 2.06 bits per heavy atom. The third-order valence-corrected chi connectivity index (χ3v) is 3.14. The molecule has 0 spiro atoms. The number of hydrogen-bond acceptors (Lipinski definition) is 3. The Morgan fingerprint density at radius 1 is 1.28 bits per heavy atom. The van der Waals surface area contributed by atoms with E-state index in [9.17, 15) is 0 Å². The fraction of sp³-hybridized carbons (Fsp3) is 0.667. The Labute approximate surface area is 111 Å². The van der Waals surface area contributed by atoms with Gasteiger partial charge in [-0.05, 0) is 44.9 Å². The maximum atomic E-state index is 5.76. The average molecular weight is 249 g/mol. The van der Waals surface area contributed by atoms with E-state index in [0.29, 0.717) is 6.04 Å². The van der Waals surface area contributed by atoms with Crippen LogP contribution in [0.15, 0.2) is 24.4 Å². The van der Waals surface area contributed by atoms with E-state index in [1.165, 1.54) is 12.8 Å². The summed E-state index contributed by atoms with van der Waals surface area (Å²) in [4.78, 5) is 6.70. The zero-order chi connectivity index (χ0) is 13.4. The van der Waals surface area contributed by atoms with Crippen molar-refractivity contribution in [1.82, 2.24) is 9.88 Å². The van der Waals surface area contributed by atoms with Gasteiger partial charge in [0.25, 0.3) is 0 Å². The van der Waals surface area contributed by atoms with Crippen molar-refractivity contribution in [3.63, 3.8) is 0 Å². The summed E-state index contributed by atoms with van der Waals surface area (Å²) >= 11 is 0. The molecule has 2 N–H and O–H groups in total. The molecule has 1 aromatic rings. The van der Waals surface area contributed by atoms with Crippen LogP contribution in [0.5, 0.6) is 0 Å². The fourth-order valence-corrected chi connectivity index (χ4v) is 2.24. The minimum absolute atomic E-state index is 0.337. The smallest absolute Gasteiger partial charge is 0.0543 e. The number of rotatable bonds is 8. The first-order valence-corrected chi connectivity index (χ1v) is 6.92. The molecule has 3 nitrogen and oxygen atoms in total. The summed E-state index contributed by atoms with van der Waals surface area (Å²) in [5, 5.41) is 0. The SMILES string of the molecule is CC(N)CCCC(C)CN(C)Cc1ccccn1. The first kappa shape index (κ1) is 15.1. The highest BCUT2D eigenvalue weighted by molar-refractivity contribution is 5.02. The first-order valence-electron chi connectivity index (χ1n) is 6.92. The van der Waals surface area contributed by atoms with E-state index in [-0.39, 0.29) is 0 Å². The Hall–Kier alpha value is -0.930. The Balaban J connectivity index is 2.21. The molecule has 0 aliphatic rings. The molecule has 0 amide bonds. The molecule has 0 fully saturated rings. The largest absolute Gasteiger partial charge is 0.328 e. The Morgan fingerprint density at radius 3 is 2.67 bits per heavy atom. The van der Waals surface area contributed by atoms with Crippen LogP contribution in [0.2, 0.25) is 0 Å². The zero-order valence-corrected chi connectivity index (χ0v) is 12.0. The van der Waals surface area contributed by atoms with Crippen molar-refractivity contribution >= 4 is 0 Å². The van der Waals surface area contributed by atoms with E-state index < -0.39 is 0 Å². The molecule has 0 aliphatic carbocycles. The van der Waals surface area contributed by atoms with Crippen LogP contribution < -0.4 is 5.73 Å². The molecule has 0 bridgehead atoms. The molecule has 3 heteroatoms. The van der Waals surface area contributed by atoms with Crippen molar-refractivity contribution < 1.29 is 0 Å². The van der Waals surface area contributed by atoms with Gasteiger partial charge >= 0.3 is 0 Å². The maximum absolute atomic E-state index is 5.76. The van der Waals surface area contributed by atoms with Crippen LogP contribution in [0, 0.1) is 5.92 Å². The van der Waals surface area contributed by atoms with E-state index in [4.69, 9.17) is 5.73 Å². The fourth-order valence-electron chi connectivity index (χ4n) is 2.24. The van der Waals surface area contributed by atoms with Crippen molar-refractivity contribution in [3.8, 4) is 0 Å². The number of nitrogens with zero attached hydrogens (tertiary/aromatic N) is 2. The van der Waals surface area contributed by atoms with Crippen molar-refractivity contribution in [3.05, 3.63) is 30.1 Å². The highest BCUT2D eigenvalue weighted by Crippen LogP contribution is 2.11. The van der Waals surface area contributed by atoms with Gasteiger partial charge < -0.3 is 10.6 Å². The van der Waals surface area contributed by atoms with Gasteiger partial charge in [-0.2, -0.15) is 0 Å². The number of pyridine rings is 1. The second-order valence-electron chi connectivity index (χ2n) is 5.53. The monoisotopic (exact) mass is 249 g/mol. The van der Waals surface area contributed by atoms with Crippen LogP contribution in [0.1, 0.15) is 38.8 Å². The molecule has 0 radical (unpaired) electrons. The highest BCUT2D eigenvalue weighted by Gasteiger charge is 2.08. The van der Waals surface area contributed by atoms with E-state index in [2.05, 4.69) is 36.8 Å². The number of nitrogens with two attached hydrogens (primary N) is 1. The van der Waals surface area contributed by atoms with Crippen molar-refractivity contribution in [2.75, 3.05) is 13.6 Å². The van der Waals surface area contributed by atoms with Crippen molar-refractivity contribution in [2.24, 2.45) is 11.7 Å². The van der Waals surface area contributed by atoms with Crippen LogP contribution in [0.25, 0.3) is 0 Å². The molecule has 2 unspecified atom stereocenters. The topological polar surface area (TPSA) is 42.1 Å². The molecule has 1 heterocycles. The van der Waals surface area contributed by atoms with Crippen molar-refractivity contribution in [2.45, 2.75) is 45.7 Å². The van der Waals surface area contributed by atoms with Gasteiger partial charge in [-0.15, -0.1) is 0 Å². The average Bonchev–Trinajstić information content (AvgIpc) is 2.29. The van der Waals surface area contributed by atoms with Gasteiger partial charge in [0.2, 0.25) is 0 Å². The summed E-state index contributed by atoms with van der Waals surface area (Å²) in [7, 11) is 2.16. The van der Waals surface area contributed by atoms with Crippen LogP contribution in [-0.2, 0) is 6.54 Å². The predicted octanol–water partition coefficient (Wildman–Crippen LogP) is 2.67.